The van der Waals surface area contributed by atoms with Crippen LogP contribution in [0.4, 0.5) is 0 Å². The van der Waals surface area contributed by atoms with Crippen molar-refractivity contribution in [3.8, 4) is 0 Å². The quantitative estimate of drug-likeness (QED) is 0.0492. The Morgan fingerprint density at radius 3 is 0.710 bits per heavy atom. The van der Waals surface area contributed by atoms with Crippen molar-refractivity contribution in [3.05, 3.63) is 33.9 Å². The summed E-state index contributed by atoms with van der Waals surface area (Å²) in [6.45, 7) is 6.76. The summed E-state index contributed by atoms with van der Waals surface area (Å²) in [6, 6.07) is 1.09. The van der Waals surface area contributed by atoms with E-state index >= 15 is 0 Å². The van der Waals surface area contributed by atoms with E-state index < -0.39 is 34.6 Å². The van der Waals surface area contributed by atoms with Crippen molar-refractivity contribution in [2.45, 2.75) is 329 Å². The number of unbranched alkanes of at least 4 members (excludes halogenated alkanes) is 42. The number of benzene rings is 1. The van der Waals surface area contributed by atoms with Gasteiger partial charge in [0.25, 0.3) is 0 Å². The molecule has 0 spiro atoms. The Hall–Kier alpha value is -2.83. The van der Waals surface area contributed by atoms with Crippen LogP contribution in [0.1, 0.15) is 381 Å². The molecule has 0 aromatic heterocycles. The van der Waals surface area contributed by atoms with E-state index in [0.717, 1.165) is 70.3 Å². The number of carbonyl (C=O) groups is 5. The Kier molecular flexibility index (Phi) is 43.0. The van der Waals surface area contributed by atoms with Crippen LogP contribution in [0.2, 0.25) is 0 Å². The van der Waals surface area contributed by atoms with Gasteiger partial charge in [-0.05, 0) is 25.3 Å². The lowest BCUT2D eigenvalue weighted by molar-refractivity contribution is 0.0648. The molecule has 0 fully saturated rings. The summed E-state index contributed by atoms with van der Waals surface area (Å²) in [4.78, 5) is 68.0. The third kappa shape index (κ3) is 33.5. The lowest BCUT2D eigenvalue weighted by Crippen LogP contribution is -2.23. The average molecular weight is 966 g/mol. The number of Topliss-reactive ketones (excluding diaryl/α,β-unsaturated/α-hetero) is 3. The van der Waals surface area contributed by atoms with Crippen molar-refractivity contribution in [1.29, 1.82) is 0 Å². The fourth-order valence-corrected chi connectivity index (χ4v) is 10.2. The second-order valence-corrected chi connectivity index (χ2v) is 21.1. The first kappa shape index (κ1) is 64.2. The molecule has 398 valence electrons. The van der Waals surface area contributed by atoms with Crippen LogP contribution in [-0.2, 0) is 0 Å². The second kappa shape index (κ2) is 46.3. The van der Waals surface area contributed by atoms with Crippen LogP contribution in [0.5, 0.6) is 0 Å². The molecule has 0 aliphatic carbocycles. The Morgan fingerprint density at radius 2 is 0.478 bits per heavy atom. The zero-order valence-corrected chi connectivity index (χ0v) is 45.5. The molecule has 1 aromatic carbocycles. The highest BCUT2D eigenvalue weighted by Gasteiger charge is 2.33. The molecule has 1 aromatic rings. The van der Waals surface area contributed by atoms with Gasteiger partial charge in [-0.1, -0.05) is 290 Å². The Morgan fingerprint density at radius 1 is 0.261 bits per heavy atom. The molecule has 0 atom stereocenters. The fourth-order valence-electron chi connectivity index (χ4n) is 10.2. The zero-order chi connectivity index (χ0) is 50.4. The number of rotatable bonds is 53. The summed E-state index contributed by atoms with van der Waals surface area (Å²) in [5.74, 6) is -4.44. The first-order chi connectivity index (χ1) is 33.7. The first-order valence-electron chi connectivity index (χ1n) is 30.0. The molecule has 0 heterocycles. The van der Waals surface area contributed by atoms with Crippen LogP contribution >= 0.6 is 0 Å². The largest absolute Gasteiger partial charge is 0.478 e. The van der Waals surface area contributed by atoms with E-state index in [9.17, 15) is 34.2 Å². The summed E-state index contributed by atoms with van der Waals surface area (Å²) in [5.41, 5.74) is -1.85. The van der Waals surface area contributed by atoms with Crippen molar-refractivity contribution >= 4 is 29.3 Å². The zero-order valence-electron chi connectivity index (χ0n) is 45.5. The topological polar surface area (TPSA) is 126 Å². The van der Waals surface area contributed by atoms with Crippen molar-refractivity contribution in [3.63, 3.8) is 0 Å². The van der Waals surface area contributed by atoms with Crippen LogP contribution < -0.4 is 0 Å². The number of hydrogen-bond donors (Lipinski definition) is 2. The van der Waals surface area contributed by atoms with Gasteiger partial charge in [-0.2, -0.15) is 0 Å². The molecule has 0 unspecified atom stereocenters. The molecule has 69 heavy (non-hydrogen) atoms. The highest BCUT2D eigenvalue weighted by atomic mass is 16.4. The number of carboxylic acid groups (broad SMARTS) is 2. The molecular formula is C62H108O7. The molecule has 7 heteroatoms. The van der Waals surface area contributed by atoms with E-state index in [2.05, 4.69) is 20.8 Å². The monoisotopic (exact) mass is 965 g/mol. The normalized spacial score (nSPS) is 11.4. The highest BCUT2D eigenvalue weighted by Crippen LogP contribution is 2.30. The number of carbonyl (C=O) groups excluding carboxylic acids is 3. The minimum atomic E-state index is -1.56. The average Bonchev–Trinajstić information content (AvgIpc) is 3.34. The third-order valence-electron chi connectivity index (χ3n) is 14.7. The molecule has 0 saturated carbocycles. The van der Waals surface area contributed by atoms with Gasteiger partial charge in [-0.25, -0.2) is 9.59 Å². The van der Waals surface area contributed by atoms with Crippen molar-refractivity contribution < 1.29 is 34.2 Å². The lowest BCUT2D eigenvalue weighted by Gasteiger charge is -2.18. The molecule has 0 amide bonds. The van der Waals surface area contributed by atoms with Gasteiger partial charge < -0.3 is 10.2 Å². The van der Waals surface area contributed by atoms with E-state index in [4.69, 9.17) is 0 Å². The molecule has 0 radical (unpaired) electrons. The SMILES string of the molecule is CCCCCCCCCCCCCCCCCC(=O)c1cc(C(=O)O)c(C(=O)O)c(C(=O)CCCCCCCCCCCCCCCCC)c1C(=O)CCCCCCCCCCCCCCCCC. The first-order valence-corrected chi connectivity index (χ1v) is 30.0. The van der Waals surface area contributed by atoms with Crippen molar-refractivity contribution in [1.82, 2.24) is 0 Å². The summed E-state index contributed by atoms with van der Waals surface area (Å²) in [7, 11) is 0. The maximum atomic E-state index is 14.3. The van der Waals surface area contributed by atoms with Gasteiger partial charge in [-0.3, -0.25) is 14.4 Å². The summed E-state index contributed by atoms with van der Waals surface area (Å²) < 4.78 is 0. The van der Waals surface area contributed by atoms with E-state index in [1.165, 1.54) is 205 Å². The van der Waals surface area contributed by atoms with Gasteiger partial charge in [-0.15, -0.1) is 0 Å². The Labute approximate surface area is 424 Å². The lowest BCUT2D eigenvalue weighted by atomic mass is 9.82. The highest BCUT2D eigenvalue weighted by molar-refractivity contribution is 6.21. The van der Waals surface area contributed by atoms with E-state index in [-0.39, 0.29) is 41.7 Å². The van der Waals surface area contributed by atoms with Gasteiger partial charge in [0.15, 0.2) is 17.3 Å². The second-order valence-electron chi connectivity index (χ2n) is 21.1. The number of carboxylic acids is 2. The van der Waals surface area contributed by atoms with Crippen LogP contribution in [0, 0.1) is 0 Å². The fraction of sp³-hybridized carbons (Fsp3) is 0.823. The van der Waals surface area contributed by atoms with Crippen LogP contribution in [0.15, 0.2) is 6.07 Å². The van der Waals surface area contributed by atoms with Gasteiger partial charge in [0.05, 0.1) is 11.1 Å². The predicted octanol–water partition coefficient (Wildman–Crippen LogP) is 20.4. The van der Waals surface area contributed by atoms with Crippen LogP contribution in [0.25, 0.3) is 0 Å². The Balaban J connectivity index is 2.89. The van der Waals surface area contributed by atoms with Crippen LogP contribution in [-0.4, -0.2) is 39.5 Å². The smallest absolute Gasteiger partial charge is 0.337 e. The molecular weight excluding hydrogens is 857 g/mol. The molecule has 0 bridgehead atoms. The number of ketones is 3. The van der Waals surface area contributed by atoms with Crippen LogP contribution in [0.3, 0.4) is 0 Å². The van der Waals surface area contributed by atoms with E-state index in [0.29, 0.717) is 19.3 Å². The molecule has 0 aliphatic heterocycles. The molecule has 1 rings (SSSR count). The summed E-state index contributed by atoms with van der Waals surface area (Å²) in [6.07, 6.45) is 53.4. The van der Waals surface area contributed by atoms with Gasteiger partial charge in [0.2, 0.25) is 0 Å². The van der Waals surface area contributed by atoms with E-state index in [1.54, 1.807) is 0 Å². The number of aromatic carboxylic acids is 2. The van der Waals surface area contributed by atoms with Gasteiger partial charge >= 0.3 is 11.9 Å². The minimum Gasteiger partial charge on any atom is -0.478 e. The van der Waals surface area contributed by atoms with Crippen molar-refractivity contribution in [2.24, 2.45) is 0 Å². The summed E-state index contributed by atoms with van der Waals surface area (Å²) >= 11 is 0. The minimum absolute atomic E-state index is 0.00747. The summed E-state index contributed by atoms with van der Waals surface area (Å²) in [5, 5.41) is 20.7. The van der Waals surface area contributed by atoms with Gasteiger partial charge in [0.1, 0.15) is 0 Å². The molecule has 7 nitrogen and oxygen atoms in total. The maximum absolute atomic E-state index is 14.3. The van der Waals surface area contributed by atoms with Gasteiger partial charge in [0, 0.05) is 36.0 Å². The maximum Gasteiger partial charge on any atom is 0.337 e. The molecule has 0 saturated heterocycles. The third-order valence-corrected chi connectivity index (χ3v) is 14.7. The number of hydrogen-bond acceptors (Lipinski definition) is 5. The molecule has 0 aliphatic rings. The standard InChI is InChI=1S/C62H108O7/c1-4-7-10-13-16-19-22-25-28-31-34-37-40-43-46-49-55(63)53-52-54(61(66)67)59(62(68)69)60(57(65)51-48-45-42-39-36-33-30-27-24-21-18-15-12-9-6-3)58(53)56(64)50-47-44-41-38-35-32-29-26-23-20-17-14-11-8-5-2/h52H,4-51H2,1-3H3,(H,66,67)(H,68,69). The predicted molar refractivity (Wildman–Crippen MR) is 292 cm³/mol. The van der Waals surface area contributed by atoms with E-state index in [1.807, 2.05) is 0 Å². The molecule has 2 N–H and O–H groups in total. The Bertz CT molecular complexity index is 1460. The van der Waals surface area contributed by atoms with Crippen molar-refractivity contribution in [2.75, 3.05) is 0 Å².